The van der Waals surface area contributed by atoms with E-state index in [0.717, 1.165) is 18.4 Å². The molecule has 1 N–H and O–H groups in total. The summed E-state index contributed by atoms with van der Waals surface area (Å²) in [6.07, 6.45) is 1.82. The van der Waals surface area contributed by atoms with E-state index in [2.05, 4.69) is 6.92 Å². The highest BCUT2D eigenvalue weighted by Crippen LogP contribution is 2.20. The van der Waals surface area contributed by atoms with Gasteiger partial charge in [0.05, 0.1) is 0 Å². The summed E-state index contributed by atoms with van der Waals surface area (Å²) in [4.78, 5) is 0. The molecule has 59 valence electrons. The second-order valence-corrected chi connectivity index (χ2v) is 2.66. The first kappa shape index (κ1) is 8.12. The molecule has 1 rings (SSSR count). The van der Waals surface area contributed by atoms with Crippen LogP contribution < -0.4 is 0 Å². The van der Waals surface area contributed by atoms with Crippen LogP contribution in [-0.4, -0.2) is 5.11 Å². The Morgan fingerprint density at radius 2 is 2.18 bits per heavy atom. The van der Waals surface area contributed by atoms with Crippen LogP contribution in [-0.2, 0) is 6.42 Å². The van der Waals surface area contributed by atoms with Crippen LogP contribution in [0, 0.1) is 13.8 Å². The second-order valence-electron chi connectivity index (χ2n) is 2.66. The van der Waals surface area contributed by atoms with Gasteiger partial charge < -0.3 is 5.11 Å². The zero-order chi connectivity index (χ0) is 8.27. The summed E-state index contributed by atoms with van der Waals surface area (Å²) in [7, 11) is 0. The minimum atomic E-state index is 0.385. The van der Waals surface area contributed by atoms with Crippen LogP contribution >= 0.6 is 0 Å². The Labute approximate surface area is 67.7 Å². The Hall–Kier alpha value is -0.980. The van der Waals surface area contributed by atoms with Gasteiger partial charge in [0.25, 0.3) is 0 Å². The summed E-state index contributed by atoms with van der Waals surface area (Å²) < 4.78 is 0. The van der Waals surface area contributed by atoms with Crippen molar-refractivity contribution in [3.63, 3.8) is 0 Å². The molecular formula is C10H13O. The quantitative estimate of drug-likeness (QED) is 0.684. The lowest BCUT2D eigenvalue weighted by Crippen LogP contribution is -1.87. The highest BCUT2D eigenvalue weighted by Gasteiger charge is 1.99. The van der Waals surface area contributed by atoms with Crippen LogP contribution in [0.5, 0.6) is 5.75 Å². The van der Waals surface area contributed by atoms with Gasteiger partial charge in [0, 0.05) is 0 Å². The lowest BCUT2D eigenvalue weighted by Gasteiger charge is -2.04. The summed E-state index contributed by atoms with van der Waals surface area (Å²) in [5.74, 6) is 0.385. The van der Waals surface area contributed by atoms with Crippen molar-refractivity contribution in [2.75, 3.05) is 0 Å². The third-order valence-electron chi connectivity index (χ3n) is 1.86. The molecule has 0 aliphatic heterocycles. The Balaban J connectivity index is 2.96. The van der Waals surface area contributed by atoms with Crippen LogP contribution in [0.15, 0.2) is 18.2 Å². The van der Waals surface area contributed by atoms with Gasteiger partial charge in [0.15, 0.2) is 0 Å². The zero-order valence-electron chi connectivity index (χ0n) is 6.80. The minimum Gasteiger partial charge on any atom is -0.508 e. The Morgan fingerprint density at radius 3 is 2.82 bits per heavy atom. The maximum Gasteiger partial charge on any atom is 0.118 e. The van der Waals surface area contributed by atoms with Crippen molar-refractivity contribution in [1.82, 2.24) is 0 Å². The van der Waals surface area contributed by atoms with Crippen molar-refractivity contribution >= 4 is 0 Å². The molecule has 1 nitrogen and oxygen atoms in total. The predicted octanol–water partition coefficient (Wildman–Crippen LogP) is 2.47. The predicted molar refractivity (Wildman–Crippen MR) is 46.5 cm³/mol. The number of phenolic OH excluding ortho intramolecular Hbond substituents is 1. The minimum absolute atomic E-state index is 0.385. The fourth-order valence-corrected chi connectivity index (χ4v) is 1.13. The molecule has 0 bridgehead atoms. The van der Waals surface area contributed by atoms with Crippen molar-refractivity contribution in [1.29, 1.82) is 0 Å². The third-order valence-corrected chi connectivity index (χ3v) is 1.86. The van der Waals surface area contributed by atoms with Crippen LogP contribution in [0.2, 0.25) is 0 Å². The molecule has 1 radical (unpaired) electrons. The maximum atomic E-state index is 9.31. The van der Waals surface area contributed by atoms with Gasteiger partial charge >= 0.3 is 0 Å². The Kier molecular flexibility index (Phi) is 2.53. The van der Waals surface area contributed by atoms with E-state index >= 15 is 0 Å². The molecular weight excluding hydrogens is 136 g/mol. The average molecular weight is 149 g/mol. The third kappa shape index (κ3) is 1.73. The number of benzene rings is 1. The normalized spacial score (nSPS) is 10.0. The van der Waals surface area contributed by atoms with E-state index in [1.807, 2.05) is 19.1 Å². The Morgan fingerprint density at radius 1 is 1.45 bits per heavy atom. The van der Waals surface area contributed by atoms with Crippen molar-refractivity contribution < 1.29 is 5.11 Å². The topological polar surface area (TPSA) is 20.2 Å². The van der Waals surface area contributed by atoms with E-state index in [1.54, 1.807) is 6.07 Å². The molecule has 0 saturated carbocycles. The molecule has 0 aromatic heterocycles. The van der Waals surface area contributed by atoms with E-state index in [0.29, 0.717) is 5.75 Å². The van der Waals surface area contributed by atoms with Crippen molar-refractivity contribution in [3.05, 3.63) is 36.2 Å². The number of aryl methyl sites for hydroxylation is 1. The molecule has 1 aromatic carbocycles. The molecule has 0 aliphatic carbocycles. The lowest BCUT2D eigenvalue weighted by atomic mass is 10.0. The van der Waals surface area contributed by atoms with Gasteiger partial charge in [-0.1, -0.05) is 19.1 Å². The van der Waals surface area contributed by atoms with E-state index in [-0.39, 0.29) is 0 Å². The highest BCUT2D eigenvalue weighted by atomic mass is 16.3. The van der Waals surface area contributed by atoms with Crippen molar-refractivity contribution in [3.8, 4) is 5.75 Å². The van der Waals surface area contributed by atoms with E-state index in [1.165, 1.54) is 5.56 Å². The van der Waals surface area contributed by atoms with Gasteiger partial charge in [-0.15, -0.1) is 0 Å². The first-order chi connectivity index (χ1) is 5.25. The SMILES string of the molecule is [CH2]CCc1cccc(O)c1C. The molecule has 0 amide bonds. The molecule has 11 heavy (non-hydrogen) atoms. The number of hydrogen-bond donors (Lipinski definition) is 1. The first-order valence-corrected chi connectivity index (χ1v) is 3.82. The van der Waals surface area contributed by atoms with Gasteiger partial charge in [-0.3, -0.25) is 0 Å². The number of hydrogen-bond acceptors (Lipinski definition) is 1. The standard InChI is InChI=1S/C10H13O/c1-3-5-9-6-4-7-10(11)8(9)2/h4,6-7,11H,1,3,5H2,2H3. The smallest absolute Gasteiger partial charge is 0.118 e. The molecule has 0 aliphatic rings. The average Bonchev–Trinajstić information content (AvgIpc) is 1.99. The van der Waals surface area contributed by atoms with E-state index in [4.69, 9.17) is 0 Å². The largest absolute Gasteiger partial charge is 0.508 e. The molecule has 0 fully saturated rings. The number of aromatic hydroxyl groups is 1. The summed E-state index contributed by atoms with van der Waals surface area (Å²) in [5, 5.41) is 9.31. The molecule has 1 heteroatoms. The highest BCUT2D eigenvalue weighted by molar-refractivity contribution is 5.37. The van der Waals surface area contributed by atoms with E-state index < -0.39 is 0 Å². The van der Waals surface area contributed by atoms with Crippen LogP contribution in [0.1, 0.15) is 17.5 Å². The summed E-state index contributed by atoms with van der Waals surface area (Å²) >= 11 is 0. The monoisotopic (exact) mass is 149 g/mol. The Bertz CT molecular complexity index is 241. The van der Waals surface area contributed by atoms with Gasteiger partial charge in [-0.05, 0) is 37.0 Å². The maximum absolute atomic E-state index is 9.31. The molecule has 0 spiro atoms. The molecule has 0 atom stereocenters. The van der Waals surface area contributed by atoms with Crippen molar-refractivity contribution in [2.24, 2.45) is 0 Å². The summed E-state index contributed by atoms with van der Waals surface area (Å²) in [6, 6.07) is 5.61. The lowest BCUT2D eigenvalue weighted by molar-refractivity contribution is 0.470. The molecule has 0 saturated heterocycles. The fourth-order valence-electron chi connectivity index (χ4n) is 1.13. The van der Waals surface area contributed by atoms with E-state index in [9.17, 15) is 5.11 Å². The van der Waals surface area contributed by atoms with Crippen LogP contribution in [0.3, 0.4) is 0 Å². The number of phenols is 1. The summed E-state index contributed by atoms with van der Waals surface area (Å²) in [6.45, 7) is 5.70. The second kappa shape index (κ2) is 3.42. The zero-order valence-corrected chi connectivity index (χ0v) is 6.80. The van der Waals surface area contributed by atoms with Gasteiger partial charge in [0.1, 0.15) is 5.75 Å². The van der Waals surface area contributed by atoms with Gasteiger partial charge in [-0.25, -0.2) is 0 Å². The van der Waals surface area contributed by atoms with Gasteiger partial charge in [0.2, 0.25) is 0 Å². The molecule has 0 heterocycles. The van der Waals surface area contributed by atoms with Crippen LogP contribution in [0.25, 0.3) is 0 Å². The van der Waals surface area contributed by atoms with Gasteiger partial charge in [-0.2, -0.15) is 0 Å². The fraction of sp³-hybridized carbons (Fsp3) is 0.300. The molecule has 0 unspecified atom stereocenters. The van der Waals surface area contributed by atoms with Crippen molar-refractivity contribution in [2.45, 2.75) is 19.8 Å². The van der Waals surface area contributed by atoms with Crippen LogP contribution in [0.4, 0.5) is 0 Å². The molecule has 1 aromatic rings. The number of rotatable bonds is 2. The first-order valence-electron chi connectivity index (χ1n) is 3.82. The summed E-state index contributed by atoms with van der Waals surface area (Å²) in [5.41, 5.74) is 2.18.